The molecule has 1 atom stereocenters. The highest BCUT2D eigenvalue weighted by Gasteiger charge is 2.27. The molecule has 0 saturated heterocycles. The number of nitrogens with one attached hydrogen (secondary N) is 1. The zero-order chi connectivity index (χ0) is 17.4. The van der Waals surface area contributed by atoms with Gasteiger partial charge >= 0.3 is 0 Å². The summed E-state index contributed by atoms with van der Waals surface area (Å²) >= 11 is 7.65. The number of amides is 1. The quantitative estimate of drug-likeness (QED) is 0.761. The smallest absolute Gasteiger partial charge is 0.230 e. The molecule has 0 spiro atoms. The first-order chi connectivity index (χ1) is 11.5. The number of ether oxygens (including phenoxy) is 1. The molecule has 1 N–H and O–H groups in total. The molecule has 2 aromatic rings. The van der Waals surface area contributed by atoms with Gasteiger partial charge in [-0.05, 0) is 30.2 Å². The lowest BCUT2D eigenvalue weighted by molar-refractivity contribution is -0.120. The molecule has 0 radical (unpaired) electrons. The van der Waals surface area contributed by atoms with Gasteiger partial charge in [-0.25, -0.2) is 0 Å². The van der Waals surface area contributed by atoms with Crippen molar-refractivity contribution in [2.24, 2.45) is 0 Å². The minimum atomic E-state index is -0.606. The standard InChI is InChI=1S/C19H22ClNO2S/c1-19(23-2,16-9-6-10-17(20)11-16)14-21-18(22)13-24-12-15-7-4-3-5-8-15/h3-11H,12-14H2,1-2H3,(H,21,22)/t19-/m0/s1. The second-order valence-corrected chi connectivity index (χ2v) is 7.12. The third-order valence-electron chi connectivity index (χ3n) is 3.85. The second-order valence-electron chi connectivity index (χ2n) is 5.70. The summed E-state index contributed by atoms with van der Waals surface area (Å²) in [5.41, 5.74) is 1.55. The van der Waals surface area contributed by atoms with Crippen molar-refractivity contribution in [3.05, 3.63) is 70.7 Å². The van der Waals surface area contributed by atoms with E-state index in [-0.39, 0.29) is 5.91 Å². The maximum absolute atomic E-state index is 12.1. The van der Waals surface area contributed by atoms with Gasteiger partial charge in [0.15, 0.2) is 0 Å². The average Bonchev–Trinajstić information content (AvgIpc) is 2.60. The summed E-state index contributed by atoms with van der Waals surface area (Å²) in [7, 11) is 1.64. The second kappa shape index (κ2) is 9.11. The van der Waals surface area contributed by atoms with E-state index in [4.69, 9.17) is 16.3 Å². The van der Waals surface area contributed by atoms with Gasteiger partial charge in [0, 0.05) is 17.9 Å². The average molecular weight is 364 g/mol. The lowest BCUT2D eigenvalue weighted by Crippen LogP contribution is -2.40. The molecule has 0 aliphatic rings. The van der Waals surface area contributed by atoms with Crippen LogP contribution in [0.4, 0.5) is 0 Å². The van der Waals surface area contributed by atoms with E-state index in [0.29, 0.717) is 17.3 Å². The van der Waals surface area contributed by atoms with Gasteiger partial charge in [-0.2, -0.15) is 0 Å². The van der Waals surface area contributed by atoms with Crippen molar-refractivity contribution < 1.29 is 9.53 Å². The van der Waals surface area contributed by atoms with Gasteiger partial charge in [-0.15, -0.1) is 11.8 Å². The Balaban J connectivity index is 1.83. The first-order valence-corrected chi connectivity index (χ1v) is 9.26. The molecule has 0 fully saturated rings. The molecule has 0 aliphatic carbocycles. The lowest BCUT2D eigenvalue weighted by atomic mass is 9.95. The fourth-order valence-electron chi connectivity index (χ4n) is 2.26. The zero-order valence-electron chi connectivity index (χ0n) is 13.9. The highest BCUT2D eigenvalue weighted by Crippen LogP contribution is 2.26. The monoisotopic (exact) mass is 363 g/mol. The highest BCUT2D eigenvalue weighted by atomic mass is 35.5. The molecule has 2 rings (SSSR count). The molecule has 0 aliphatic heterocycles. The molecule has 24 heavy (non-hydrogen) atoms. The van der Waals surface area contributed by atoms with Crippen LogP contribution in [0.5, 0.6) is 0 Å². The molecular formula is C19H22ClNO2S. The van der Waals surface area contributed by atoms with E-state index < -0.39 is 5.60 Å². The van der Waals surface area contributed by atoms with Crippen molar-refractivity contribution >= 4 is 29.3 Å². The normalized spacial score (nSPS) is 13.3. The first-order valence-electron chi connectivity index (χ1n) is 7.73. The van der Waals surface area contributed by atoms with Crippen molar-refractivity contribution in [2.75, 3.05) is 19.4 Å². The largest absolute Gasteiger partial charge is 0.372 e. The predicted molar refractivity (Wildman–Crippen MR) is 101 cm³/mol. The third kappa shape index (κ3) is 5.55. The summed E-state index contributed by atoms with van der Waals surface area (Å²) in [6.45, 7) is 2.34. The number of hydrogen-bond donors (Lipinski definition) is 1. The fourth-order valence-corrected chi connectivity index (χ4v) is 3.27. The van der Waals surface area contributed by atoms with Gasteiger partial charge in [0.2, 0.25) is 5.91 Å². The molecule has 0 unspecified atom stereocenters. The number of thioether (sulfide) groups is 1. The predicted octanol–water partition coefficient (Wildman–Crippen LogP) is 4.25. The van der Waals surface area contributed by atoms with Crippen molar-refractivity contribution in [1.29, 1.82) is 0 Å². The van der Waals surface area contributed by atoms with Gasteiger partial charge in [-0.3, -0.25) is 4.79 Å². The minimum Gasteiger partial charge on any atom is -0.372 e. The van der Waals surface area contributed by atoms with E-state index in [1.807, 2.05) is 49.4 Å². The van der Waals surface area contributed by atoms with Gasteiger partial charge in [0.25, 0.3) is 0 Å². The number of carbonyl (C=O) groups is 1. The lowest BCUT2D eigenvalue weighted by Gasteiger charge is -2.29. The summed E-state index contributed by atoms with van der Waals surface area (Å²) < 4.78 is 5.62. The van der Waals surface area contributed by atoms with Gasteiger partial charge in [-0.1, -0.05) is 54.1 Å². The minimum absolute atomic E-state index is 0.00114. The third-order valence-corrected chi connectivity index (χ3v) is 5.09. The van der Waals surface area contributed by atoms with Crippen LogP contribution in [0.3, 0.4) is 0 Å². The molecule has 2 aromatic carbocycles. The summed E-state index contributed by atoms with van der Waals surface area (Å²) in [6, 6.07) is 17.6. The molecular weight excluding hydrogens is 342 g/mol. The molecule has 0 aromatic heterocycles. The van der Waals surface area contributed by atoms with Crippen LogP contribution in [-0.2, 0) is 20.9 Å². The fraction of sp³-hybridized carbons (Fsp3) is 0.316. The Morgan fingerprint density at radius 3 is 2.62 bits per heavy atom. The summed E-state index contributed by atoms with van der Waals surface area (Å²) in [5, 5.41) is 3.60. The molecule has 0 saturated carbocycles. The first kappa shape index (κ1) is 18.8. The Morgan fingerprint density at radius 1 is 1.21 bits per heavy atom. The van der Waals surface area contributed by atoms with Crippen LogP contribution in [0, 0.1) is 0 Å². The van der Waals surface area contributed by atoms with Crippen molar-refractivity contribution in [2.45, 2.75) is 18.3 Å². The summed E-state index contributed by atoms with van der Waals surface area (Å²) in [6.07, 6.45) is 0. The number of hydrogen-bond acceptors (Lipinski definition) is 3. The van der Waals surface area contributed by atoms with Gasteiger partial charge in [0.05, 0.1) is 12.3 Å². The zero-order valence-corrected chi connectivity index (χ0v) is 15.5. The van der Waals surface area contributed by atoms with E-state index >= 15 is 0 Å². The number of benzene rings is 2. The van der Waals surface area contributed by atoms with Crippen LogP contribution in [-0.4, -0.2) is 25.3 Å². The molecule has 5 heteroatoms. The van der Waals surface area contributed by atoms with Crippen molar-refractivity contribution in [1.82, 2.24) is 5.32 Å². The van der Waals surface area contributed by atoms with Crippen LogP contribution >= 0.6 is 23.4 Å². The summed E-state index contributed by atoms with van der Waals surface area (Å²) in [4.78, 5) is 12.1. The van der Waals surface area contributed by atoms with Gasteiger partial charge < -0.3 is 10.1 Å². The highest BCUT2D eigenvalue weighted by molar-refractivity contribution is 7.99. The maximum atomic E-state index is 12.1. The van der Waals surface area contributed by atoms with E-state index in [1.54, 1.807) is 18.9 Å². The van der Waals surface area contributed by atoms with Crippen LogP contribution in [0.1, 0.15) is 18.1 Å². The topological polar surface area (TPSA) is 38.3 Å². The molecule has 0 bridgehead atoms. The van der Waals surface area contributed by atoms with Crippen LogP contribution in [0.15, 0.2) is 54.6 Å². The van der Waals surface area contributed by atoms with Crippen molar-refractivity contribution in [3.8, 4) is 0 Å². The molecule has 0 heterocycles. The Bertz CT molecular complexity index is 665. The Labute approximate surface area is 152 Å². The molecule has 128 valence electrons. The van der Waals surface area contributed by atoms with E-state index in [2.05, 4.69) is 17.4 Å². The SMILES string of the molecule is CO[C@@](C)(CNC(=O)CSCc1ccccc1)c1cccc(Cl)c1. The Morgan fingerprint density at radius 2 is 1.96 bits per heavy atom. The van der Waals surface area contributed by atoms with Crippen LogP contribution in [0.2, 0.25) is 5.02 Å². The van der Waals surface area contributed by atoms with Gasteiger partial charge in [0.1, 0.15) is 5.60 Å². The molecule has 3 nitrogen and oxygen atoms in total. The van der Waals surface area contributed by atoms with Crippen LogP contribution in [0.25, 0.3) is 0 Å². The number of methoxy groups -OCH3 is 1. The number of halogens is 1. The Hall–Kier alpha value is -1.49. The van der Waals surface area contributed by atoms with E-state index in [0.717, 1.165) is 11.3 Å². The van der Waals surface area contributed by atoms with E-state index in [1.165, 1.54) is 5.56 Å². The Kier molecular flexibility index (Phi) is 7.16. The number of carbonyl (C=O) groups excluding carboxylic acids is 1. The summed E-state index contributed by atoms with van der Waals surface area (Å²) in [5.74, 6) is 1.25. The van der Waals surface area contributed by atoms with Crippen LogP contribution < -0.4 is 5.32 Å². The van der Waals surface area contributed by atoms with Crippen molar-refractivity contribution in [3.63, 3.8) is 0 Å². The molecule has 1 amide bonds. The van der Waals surface area contributed by atoms with E-state index in [9.17, 15) is 4.79 Å². The number of rotatable bonds is 8. The maximum Gasteiger partial charge on any atom is 0.230 e.